The molecular weight excluding hydrogens is 368 g/mol. The van der Waals surface area contributed by atoms with Crippen LogP contribution in [0.4, 0.5) is 0 Å². The van der Waals surface area contributed by atoms with Crippen molar-refractivity contribution in [3.63, 3.8) is 0 Å². The molecule has 0 saturated carbocycles. The van der Waals surface area contributed by atoms with Crippen molar-refractivity contribution in [3.8, 4) is 22.9 Å². The highest BCUT2D eigenvalue weighted by atomic mass is 16.3. The predicted octanol–water partition coefficient (Wildman–Crippen LogP) is 3.32. The molecular formula is C22H28N4O3. The molecule has 29 heavy (non-hydrogen) atoms. The Hall–Kier alpha value is -3.06. The summed E-state index contributed by atoms with van der Waals surface area (Å²) in [6.45, 7) is 9.20. The fourth-order valence-electron chi connectivity index (χ4n) is 3.17. The van der Waals surface area contributed by atoms with Crippen molar-refractivity contribution < 1.29 is 10.2 Å². The van der Waals surface area contributed by atoms with Gasteiger partial charge in [-0.05, 0) is 28.7 Å². The molecule has 1 aromatic heterocycles. The van der Waals surface area contributed by atoms with Crippen molar-refractivity contribution in [2.75, 3.05) is 0 Å². The summed E-state index contributed by atoms with van der Waals surface area (Å²) in [7, 11) is 0. The first-order valence-electron chi connectivity index (χ1n) is 9.79. The van der Waals surface area contributed by atoms with Gasteiger partial charge in [-0.25, -0.2) is 9.89 Å². The van der Waals surface area contributed by atoms with E-state index in [0.29, 0.717) is 29.5 Å². The maximum absolute atomic E-state index is 12.4. The average Bonchev–Trinajstić information content (AvgIpc) is 3.01. The van der Waals surface area contributed by atoms with Gasteiger partial charge in [0.2, 0.25) is 0 Å². The van der Waals surface area contributed by atoms with Crippen molar-refractivity contribution in [1.82, 2.24) is 20.1 Å². The topological polar surface area (TPSA) is 103 Å². The van der Waals surface area contributed by atoms with E-state index in [9.17, 15) is 15.0 Å². The highest BCUT2D eigenvalue weighted by Crippen LogP contribution is 2.36. The monoisotopic (exact) mass is 396 g/mol. The zero-order valence-electron chi connectivity index (χ0n) is 17.2. The number of nitrogens with one attached hydrogen (secondary N) is 2. The van der Waals surface area contributed by atoms with E-state index >= 15 is 0 Å². The summed E-state index contributed by atoms with van der Waals surface area (Å²) in [6, 6.07) is 11.4. The summed E-state index contributed by atoms with van der Waals surface area (Å²) >= 11 is 0. The second-order valence-electron chi connectivity index (χ2n) is 7.87. The van der Waals surface area contributed by atoms with E-state index in [1.54, 1.807) is 6.07 Å². The van der Waals surface area contributed by atoms with Crippen molar-refractivity contribution >= 4 is 0 Å². The highest BCUT2D eigenvalue weighted by Gasteiger charge is 2.18. The van der Waals surface area contributed by atoms with Gasteiger partial charge in [0.1, 0.15) is 11.5 Å². The van der Waals surface area contributed by atoms with Crippen LogP contribution in [0.15, 0.2) is 41.2 Å². The van der Waals surface area contributed by atoms with Gasteiger partial charge in [-0.15, -0.1) is 0 Å². The lowest BCUT2D eigenvalue weighted by atomic mass is 9.98. The number of hydrogen-bond donors (Lipinski definition) is 4. The molecule has 0 radical (unpaired) electrons. The van der Waals surface area contributed by atoms with Gasteiger partial charge in [0.15, 0.2) is 5.82 Å². The molecule has 0 fully saturated rings. The summed E-state index contributed by atoms with van der Waals surface area (Å²) in [5.41, 5.74) is 2.85. The normalized spacial score (nSPS) is 11.5. The summed E-state index contributed by atoms with van der Waals surface area (Å²) < 4.78 is 1.48. The van der Waals surface area contributed by atoms with Crippen LogP contribution in [0.5, 0.6) is 11.5 Å². The quantitative estimate of drug-likeness (QED) is 0.491. The molecule has 0 atom stereocenters. The van der Waals surface area contributed by atoms with Crippen molar-refractivity contribution in [3.05, 3.63) is 63.6 Å². The molecule has 154 valence electrons. The Morgan fingerprint density at radius 3 is 2.31 bits per heavy atom. The first-order chi connectivity index (χ1) is 13.8. The number of phenols is 2. The van der Waals surface area contributed by atoms with Crippen LogP contribution in [0.3, 0.4) is 0 Å². The smallest absolute Gasteiger partial charge is 0.343 e. The molecule has 4 N–H and O–H groups in total. The van der Waals surface area contributed by atoms with Crippen molar-refractivity contribution in [2.24, 2.45) is 0 Å². The Morgan fingerprint density at radius 2 is 1.69 bits per heavy atom. The molecule has 0 aliphatic heterocycles. The third-order valence-electron chi connectivity index (χ3n) is 4.84. The molecule has 0 unspecified atom stereocenters. The largest absolute Gasteiger partial charge is 0.508 e. The molecule has 7 nitrogen and oxygen atoms in total. The van der Waals surface area contributed by atoms with E-state index in [2.05, 4.69) is 29.4 Å². The number of benzene rings is 2. The average molecular weight is 396 g/mol. The second-order valence-corrected chi connectivity index (χ2v) is 7.87. The standard InChI is InChI=1S/C22H28N4O3/c1-13(2)17-9-18(20(28)10-19(17)27)21-24-25-22(29)26(21)12-16-7-5-15(6-8-16)11-23-14(3)4/h5-10,13-14,23,27-28H,11-12H2,1-4H3,(H,25,29). The van der Waals surface area contributed by atoms with Gasteiger partial charge >= 0.3 is 5.69 Å². The van der Waals surface area contributed by atoms with Gasteiger partial charge in [-0.3, -0.25) is 4.57 Å². The van der Waals surface area contributed by atoms with Crippen molar-refractivity contribution in [1.29, 1.82) is 0 Å². The first kappa shape index (κ1) is 20.7. The molecule has 7 heteroatoms. The molecule has 0 saturated heterocycles. The fourth-order valence-corrected chi connectivity index (χ4v) is 3.17. The number of phenolic OH excluding ortho intramolecular Hbond substituents is 2. The van der Waals surface area contributed by atoms with Crippen LogP contribution in [-0.2, 0) is 13.1 Å². The van der Waals surface area contributed by atoms with Crippen molar-refractivity contribution in [2.45, 2.75) is 52.7 Å². The van der Waals surface area contributed by atoms with E-state index in [4.69, 9.17) is 0 Å². The molecule has 0 aliphatic rings. The van der Waals surface area contributed by atoms with Crippen LogP contribution in [0.25, 0.3) is 11.4 Å². The Bertz CT molecular complexity index is 1030. The van der Waals surface area contributed by atoms with E-state index in [1.165, 1.54) is 16.2 Å². The minimum Gasteiger partial charge on any atom is -0.508 e. The van der Waals surface area contributed by atoms with Gasteiger partial charge in [-0.1, -0.05) is 52.0 Å². The second kappa shape index (κ2) is 8.53. The van der Waals surface area contributed by atoms with Crippen LogP contribution >= 0.6 is 0 Å². The van der Waals surface area contributed by atoms with Gasteiger partial charge < -0.3 is 15.5 Å². The van der Waals surface area contributed by atoms with Gasteiger partial charge in [0.25, 0.3) is 0 Å². The van der Waals surface area contributed by atoms with Gasteiger partial charge in [-0.2, -0.15) is 5.10 Å². The minimum atomic E-state index is -0.357. The summed E-state index contributed by atoms with van der Waals surface area (Å²) in [4.78, 5) is 12.4. The summed E-state index contributed by atoms with van der Waals surface area (Å²) in [5, 5.41) is 30.4. The molecule has 0 amide bonds. The molecule has 3 rings (SSSR count). The van der Waals surface area contributed by atoms with Crippen LogP contribution < -0.4 is 11.0 Å². The highest BCUT2D eigenvalue weighted by molar-refractivity contribution is 5.67. The first-order valence-corrected chi connectivity index (χ1v) is 9.79. The Labute approximate surface area is 170 Å². The Kier molecular flexibility index (Phi) is 6.08. The number of nitrogens with zero attached hydrogens (tertiary/aromatic N) is 2. The molecule has 0 spiro atoms. The van der Waals surface area contributed by atoms with Crippen LogP contribution in [-0.4, -0.2) is 31.0 Å². The number of aromatic amines is 1. The third kappa shape index (κ3) is 4.68. The Morgan fingerprint density at radius 1 is 1.03 bits per heavy atom. The maximum atomic E-state index is 12.4. The van der Waals surface area contributed by atoms with Gasteiger partial charge in [0, 0.05) is 18.7 Å². The number of aromatic nitrogens is 3. The number of aromatic hydroxyl groups is 2. The lowest BCUT2D eigenvalue weighted by Crippen LogP contribution is -2.21. The zero-order chi connectivity index (χ0) is 21.1. The van der Waals surface area contributed by atoms with Gasteiger partial charge in [0.05, 0.1) is 12.1 Å². The SMILES string of the molecule is CC(C)NCc1ccc(Cn2c(-c3cc(C(C)C)c(O)cc3O)n[nH]c2=O)cc1. The summed E-state index contributed by atoms with van der Waals surface area (Å²) in [5.74, 6) is 0.291. The zero-order valence-corrected chi connectivity index (χ0v) is 17.2. The molecule has 2 aromatic carbocycles. The molecule has 1 heterocycles. The number of rotatable bonds is 7. The fraction of sp³-hybridized carbons (Fsp3) is 0.364. The predicted molar refractivity (Wildman–Crippen MR) is 113 cm³/mol. The third-order valence-corrected chi connectivity index (χ3v) is 4.84. The van der Waals surface area contributed by atoms with E-state index < -0.39 is 0 Å². The lowest BCUT2D eigenvalue weighted by molar-refractivity contribution is 0.444. The molecule has 0 aliphatic carbocycles. The molecule has 3 aromatic rings. The van der Waals surface area contributed by atoms with E-state index in [0.717, 1.165) is 12.1 Å². The maximum Gasteiger partial charge on any atom is 0.343 e. The van der Waals surface area contributed by atoms with E-state index in [-0.39, 0.29) is 23.1 Å². The van der Waals surface area contributed by atoms with Crippen LogP contribution in [0.1, 0.15) is 50.3 Å². The molecule has 0 bridgehead atoms. The number of hydrogen-bond acceptors (Lipinski definition) is 5. The van der Waals surface area contributed by atoms with E-state index in [1.807, 2.05) is 38.1 Å². The lowest BCUT2D eigenvalue weighted by Gasteiger charge is -2.13. The minimum absolute atomic E-state index is 0.0243. The van der Waals surface area contributed by atoms with Crippen LogP contribution in [0.2, 0.25) is 0 Å². The van der Waals surface area contributed by atoms with Crippen LogP contribution in [0, 0.1) is 0 Å². The summed E-state index contributed by atoms with van der Waals surface area (Å²) in [6.07, 6.45) is 0. The number of H-pyrrole nitrogens is 1. The Balaban J connectivity index is 1.91.